The summed E-state index contributed by atoms with van der Waals surface area (Å²) in [5.74, 6) is 2.25. The van der Waals surface area contributed by atoms with Crippen LogP contribution in [0.4, 0.5) is 26.3 Å². The monoisotopic (exact) mass is 544 g/mol. The molecule has 0 amide bonds. The molecule has 1 aliphatic carbocycles. The van der Waals surface area contributed by atoms with Gasteiger partial charge in [-0.05, 0) is 66.7 Å². The van der Waals surface area contributed by atoms with Gasteiger partial charge in [0.05, 0.1) is 5.56 Å². The molecular weight excluding hydrogens is 514 g/mol. The van der Waals surface area contributed by atoms with Gasteiger partial charge in [-0.25, -0.2) is 13.2 Å². The van der Waals surface area contributed by atoms with Crippen molar-refractivity contribution in [2.75, 3.05) is 6.61 Å². The molecule has 1 aliphatic rings. The van der Waals surface area contributed by atoms with Gasteiger partial charge in [0.2, 0.25) is 0 Å². The van der Waals surface area contributed by atoms with Crippen LogP contribution in [0.25, 0.3) is 10.8 Å². The number of hydrogen-bond acceptors (Lipinski definition) is 1. The van der Waals surface area contributed by atoms with Crippen LogP contribution >= 0.6 is 0 Å². The highest BCUT2D eigenvalue weighted by Crippen LogP contribution is 2.34. The third kappa shape index (κ3) is 7.81. The molecule has 0 bridgehead atoms. The van der Waals surface area contributed by atoms with Crippen LogP contribution in [0.2, 0.25) is 0 Å². The summed E-state index contributed by atoms with van der Waals surface area (Å²) in [6.45, 7) is 1.98. The van der Waals surface area contributed by atoms with Crippen LogP contribution in [0.1, 0.15) is 61.6 Å². The lowest BCUT2D eigenvalue weighted by molar-refractivity contribution is -0.154. The zero-order valence-electron chi connectivity index (χ0n) is 21.5. The lowest BCUT2D eigenvalue weighted by atomic mass is 9.78. The summed E-state index contributed by atoms with van der Waals surface area (Å²) in [7, 11) is 0. The number of ether oxygens (including phenoxy) is 1. The Morgan fingerprint density at radius 3 is 2.18 bits per heavy atom. The number of alkyl halides is 3. The Bertz CT molecular complexity index is 1350. The molecule has 0 atom stereocenters. The maximum atomic E-state index is 15.2. The minimum atomic E-state index is -4.74. The van der Waals surface area contributed by atoms with Gasteiger partial charge in [-0.3, -0.25) is 0 Å². The van der Waals surface area contributed by atoms with E-state index in [-0.39, 0.29) is 11.1 Å². The Morgan fingerprint density at radius 2 is 1.54 bits per heavy atom. The molecule has 0 unspecified atom stereocenters. The van der Waals surface area contributed by atoms with Crippen LogP contribution in [0.5, 0.6) is 5.75 Å². The second kappa shape index (κ2) is 12.6. The first-order chi connectivity index (χ1) is 18.6. The fraction of sp³-hybridized carbons (Fsp3) is 0.375. The number of allylic oxidation sites excluding steroid dienone is 1. The van der Waals surface area contributed by atoms with Crippen molar-refractivity contribution < 1.29 is 31.1 Å². The van der Waals surface area contributed by atoms with Gasteiger partial charge in [0, 0.05) is 10.9 Å². The molecule has 0 saturated heterocycles. The molecule has 1 saturated carbocycles. The van der Waals surface area contributed by atoms with Gasteiger partial charge < -0.3 is 4.74 Å². The second-order valence-electron chi connectivity index (χ2n) is 10.2. The van der Waals surface area contributed by atoms with Gasteiger partial charge in [0.25, 0.3) is 0 Å². The molecule has 3 aromatic carbocycles. The van der Waals surface area contributed by atoms with Crippen molar-refractivity contribution in [2.24, 2.45) is 11.8 Å². The molecule has 0 N–H and O–H groups in total. The quantitative estimate of drug-likeness (QED) is 0.156. The molecule has 0 radical (unpaired) electrons. The average molecular weight is 545 g/mol. The molecule has 0 spiro atoms. The van der Waals surface area contributed by atoms with E-state index in [1.807, 2.05) is 18.2 Å². The highest BCUT2D eigenvalue weighted by molar-refractivity contribution is 5.85. The number of halogens is 6. The van der Waals surface area contributed by atoms with Gasteiger partial charge in [0.1, 0.15) is 5.82 Å². The maximum absolute atomic E-state index is 15.2. The molecule has 4 rings (SSSR count). The lowest BCUT2D eigenvalue weighted by Gasteiger charge is -2.28. The Morgan fingerprint density at radius 1 is 0.872 bits per heavy atom. The van der Waals surface area contributed by atoms with E-state index in [0.29, 0.717) is 5.39 Å². The number of benzene rings is 3. The summed E-state index contributed by atoms with van der Waals surface area (Å²) in [5.41, 5.74) is 1.03. The second-order valence-corrected chi connectivity index (χ2v) is 10.2. The highest BCUT2D eigenvalue weighted by atomic mass is 19.4. The number of hydrogen-bond donors (Lipinski definition) is 0. The number of fused-ring (bicyclic) bond motifs is 1. The van der Waals surface area contributed by atoms with E-state index in [4.69, 9.17) is 0 Å². The van der Waals surface area contributed by atoms with Crippen molar-refractivity contribution in [2.45, 2.75) is 57.5 Å². The predicted octanol–water partition coefficient (Wildman–Crippen LogP) is 9.30. The molecule has 206 valence electrons. The predicted molar refractivity (Wildman–Crippen MR) is 141 cm³/mol. The largest absolute Gasteiger partial charge is 0.478 e. The molecule has 1 nitrogen and oxygen atoms in total. The third-order valence-corrected chi connectivity index (χ3v) is 7.33. The Kier molecular flexibility index (Phi) is 9.27. The molecule has 0 aromatic heterocycles. The summed E-state index contributed by atoms with van der Waals surface area (Å²) < 4.78 is 84.4. The summed E-state index contributed by atoms with van der Waals surface area (Å²) >= 11 is 0. The van der Waals surface area contributed by atoms with Crippen LogP contribution in [0.3, 0.4) is 0 Å². The summed E-state index contributed by atoms with van der Waals surface area (Å²) in [6.07, 6.45) is 6.68. The zero-order valence-corrected chi connectivity index (χ0v) is 21.5. The van der Waals surface area contributed by atoms with Crippen molar-refractivity contribution in [1.29, 1.82) is 0 Å². The fourth-order valence-electron chi connectivity index (χ4n) is 5.19. The van der Waals surface area contributed by atoms with Gasteiger partial charge in [-0.2, -0.15) is 13.2 Å². The van der Waals surface area contributed by atoms with Gasteiger partial charge in [0.15, 0.2) is 24.0 Å². The van der Waals surface area contributed by atoms with Crippen molar-refractivity contribution in [1.82, 2.24) is 0 Å². The topological polar surface area (TPSA) is 9.23 Å². The zero-order chi connectivity index (χ0) is 28.0. The van der Waals surface area contributed by atoms with Crippen LogP contribution in [0.15, 0.2) is 55.1 Å². The maximum Gasteiger partial charge on any atom is 0.422 e. The van der Waals surface area contributed by atoms with E-state index in [2.05, 4.69) is 23.2 Å². The average Bonchev–Trinajstić information content (AvgIpc) is 2.90. The van der Waals surface area contributed by atoms with Gasteiger partial charge >= 0.3 is 6.18 Å². The van der Waals surface area contributed by atoms with E-state index >= 15 is 4.39 Å². The number of rotatable bonds is 8. The molecule has 7 heteroatoms. The Hall–Kier alpha value is -3.40. The summed E-state index contributed by atoms with van der Waals surface area (Å²) in [4.78, 5) is 0. The first-order valence-electron chi connectivity index (χ1n) is 13.2. The standard InChI is InChI=1S/C32H30F6O/c1-2-3-4-21-5-7-22(8-6-21)9-10-23-12-16-27-26(17-23)15-14-25(30(27)35)13-11-24-18-28(33)31(29(34)19-24)39-20-32(36,37)38/h2,12,14-19,21-22H,1,3-10,20H2. The van der Waals surface area contributed by atoms with Crippen molar-refractivity contribution in [3.63, 3.8) is 0 Å². The number of aryl methyl sites for hydroxylation is 1. The van der Waals surface area contributed by atoms with Crippen LogP contribution in [0, 0.1) is 41.1 Å². The van der Waals surface area contributed by atoms with Gasteiger partial charge in [-0.1, -0.05) is 67.9 Å². The van der Waals surface area contributed by atoms with E-state index in [1.165, 1.54) is 38.2 Å². The summed E-state index contributed by atoms with van der Waals surface area (Å²) in [5, 5.41) is 1.13. The Balaban J connectivity index is 1.41. The van der Waals surface area contributed by atoms with Crippen molar-refractivity contribution in [3.05, 3.63) is 89.3 Å². The minimum Gasteiger partial charge on any atom is -0.478 e. The SMILES string of the molecule is C=CCCC1CCC(CCc2ccc3c(F)c(C#Cc4cc(F)c(OCC(F)(F)F)c(F)c4)ccc3c2)CC1. The Labute approximate surface area is 224 Å². The fourth-order valence-corrected chi connectivity index (χ4v) is 5.19. The first-order valence-corrected chi connectivity index (χ1v) is 13.2. The summed E-state index contributed by atoms with van der Waals surface area (Å²) in [6, 6.07) is 10.4. The highest BCUT2D eigenvalue weighted by Gasteiger charge is 2.30. The molecule has 1 fully saturated rings. The normalized spacial score (nSPS) is 17.5. The lowest BCUT2D eigenvalue weighted by Crippen LogP contribution is -2.20. The van der Waals surface area contributed by atoms with E-state index in [1.54, 1.807) is 12.1 Å². The van der Waals surface area contributed by atoms with Crippen molar-refractivity contribution in [3.8, 4) is 17.6 Å². The molecule has 3 aromatic rings. The first kappa shape index (κ1) is 28.6. The minimum absolute atomic E-state index is 0.0432. The third-order valence-electron chi connectivity index (χ3n) is 7.33. The van der Waals surface area contributed by atoms with Crippen LogP contribution in [-0.2, 0) is 6.42 Å². The van der Waals surface area contributed by atoms with E-state index < -0.39 is 36.0 Å². The van der Waals surface area contributed by atoms with E-state index in [9.17, 15) is 22.0 Å². The molecule has 0 heterocycles. The van der Waals surface area contributed by atoms with Crippen LogP contribution < -0.4 is 4.74 Å². The molecule has 0 aliphatic heterocycles. The van der Waals surface area contributed by atoms with Crippen LogP contribution in [-0.4, -0.2) is 12.8 Å². The smallest absolute Gasteiger partial charge is 0.422 e. The van der Waals surface area contributed by atoms with E-state index in [0.717, 1.165) is 54.2 Å². The molecule has 39 heavy (non-hydrogen) atoms. The van der Waals surface area contributed by atoms with Gasteiger partial charge in [-0.15, -0.1) is 6.58 Å². The van der Waals surface area contributed by atoms with Crippen molar-refractivity contribution >= 4 is 10.8 Å². The molecular formula is C32H30F6O.